The molecule has 0 heterocycles. The van der Waals surface area contributed by atoms with Gasteiger partial charge in [0.15, 0.2) is 0 Å². The molecule has 3 heteroatoms. The Morgan fingerprint density at radius 3 is 2.33 bits per heavy atom. The van der Waals surface area contributed by atoms with E-state index in [2.05, 4.69) is 26.1 Å². The van der Waals surface area contributed by atoms with Gasteiger partial charge in [-0.3, -0.25) is 0 Å². The topological polar surface area (TPSA) is 32.3 Å². The quantitative estimate of drug-likeness (QED) is 0.781. The van der Waals surface area contributed by atoms with Crippen molar-refractivity contribution in [2.45, 2.75) is 45.8 Å². The summed E-state index contributed by atoms with van der Waals surface area (Å²) < 4.78 is 12.9. The minimum absolute atomic E-state index is 0.174. The first kappa shape index (κ1) is 15.1. The van der Waals surface area contributed by atoms with Crippen LogP contribution in [0.15, 0.2) is 24.3 Å². The van der Waals surface area contributed by atoms with Crippen molar-refractivity contribution >= 4 is 0 Å². The molecule has 0 saturated heterocycles. The lowest BCUT2D eigenvalue weighted by molar-refractivity contribution is 0.142. The van der Waals surface area contributed by atoms with Crippen molar-refractivity contribution in [1.82, 2.24) is 5.32 Å². The predicted octanol–water partition coefficient (Wildman–Crippen LogP) is 3.27. The molecule has 0 amide bonds. The van der Waals surface area contributed by atoms with Crippen LogP contribution < -0.4 is 5.32 Å². The highest BCUT2D eigenvalue weighted by molar-refractivity contribution is 5.19. The van der Waals surface area contributed by atoms with Gasteiger partial charge in [0.1, 0.15) is 5.82 Å². The third-order valence-corrected chi connectivity index (χ3v) is 3.02. The normalized spacial score (nSPS) is 14.8. The minimum Gasteiger partial charge on any atom is -0.392 e. The van der Waals surface area contributed by atoms with Crippen LogP contribution in [-0.2, 0) is 0 Å². The van der Waals surface area contributed by atoms with Crippen LogP contribution in [0.4, 0.5) is 4.39 Å². The van der Waals surface area contributed by atoms with Crippen molar-refractivity contribution < 1.29 is 9.50 Å². The van der Waals surface area contributed by atoms with Crippen LogP contribution in [0.5, 0.6) is 0 Å². The summed E-state index contributed by atoms with van der Waals surface area (Å²) in [6.07, 6.45) is 1.40. The molecular formula is C15H24FNO. The van der Waals surface area contributed by atoms with E-state index >= 15 is 0 Å². The molecule has 0 spiro atoms. The minimum atomic E-state index is -0.320. The Kier molecular flexibility index (Phi) is 6.30. The lowest BCUT2D eigenvalue weighted by Crippen LogP contribution is -2.31. The van der Waals surface area contributed by atoms with E-state index in [1.807, 2.05) is 0 Å². The van der Waals surface area contributed by atoms with Crippen LogP contribution in [-0.4, -0.2) is 17.8 Å². The van der Waals surface area contributed by atoms with Crippen LogP contribution >= 0.6 is 0 Å². The number of hydrogen-bond acceptors (Lipinski definition) is 2. The molecule has 0 fully saturated rings. The van der Waals surface area contributed by atoms with E-state index in [9.17, 15) is 9.50 Å². The summed E-state index contributed by atoms with van der Waals surface area (Å²) in [4.78, 5) is 0. The first-order chi connectivity index (χ1) is 8.52. The summed E-state index contributed by atoms with van der Waals surface area (Å²) in [5.41, 5.74) is 1.07. The van der Waals surface area contributed by atoms with Gasteiger partial charge in [-0.2, -0.15) is 0 Å². The summed E-state index contributed by atoms with van der Waals surface area (Å²) in [7, 11) is 0. The number of nitrogens with one attached hydrogen (secondary N) is 1. The molecule has 1 aromatic carbocycles. The maximum Gasteiger partial charge on any atom is 0.123 e. The molecule has 0 aliphatic heterocycles. The summed E-state index contributed by atoms with van der Waals surface area (Å²) in [5, 5.41) is 13.2. The molecular weight excluding hydrogens is 229 g/mol. The van der Waals surface area contributed by atoms with Crippen LogP contribution in [0, 0.1) is 11.7 Å². The number of aliphatic hydroxyl groups is 1. The van der Waals surface area contributed by atoms with E-state index in [0.717, 1.165) is 18.4 Å². The Bertz CT molecular complexity index is 337. The lowest BCUT2D eigenvalue weighted by atomic mass is 10.0. The van der Waals surface area contributed by atoms with Gasteiger partial charge in [0.25, 0.3) is 0 Å². The molecule has 102 valence electrons. The third-order valence-electron chi connectivity index (χ3n) is 3.02. The molecule has 0 aliphatic carbocycles. The summed E-state index contributed by atoms with van der Waals surface area (Å²) in [5.74, 6) is 0.279. The Labute approximate surface area is 109 Å². The van der Waals surface area contributed by atoms with Gasteiger partial charge >= 0.3 is 0 Å². The number of benzene rings is 1. The Morgan fingerprint density at radius 1 is 1.22 bits per heavy atom. The zero-order valence-electron chi connectivity index (χ0n) is 11.5. The predicted molar refractivity (Wildman–Crippen MR) is 72.9 cm³/mol. The number of rotatable bonds is 7. The summed E-state index contributed by atoms with van der Waals surface area (Å²) in [6, 6.07) is 6.72. The fraction of sp³-hybridized carbons (Fsp3) is 0.600. The largest absolute Gasteiger partial charge is 0.392 e. The van der Waals surface area contributed by atoms with Gasteiger partial charge < -0.3 is 10.4 Å². The SMILES string of the molecule is CCC(NCC(O)CC(C)C)c1ccc(F)cc1. The van der Waals surface area contributed by atoms with Gasteiger partial charge in [0.2, 0.25) is 0 Å². The zero-order chi connectivity index (χ0) is 13.5. The highest BCUT2D eigenvalue weighted by atomic mass is 19.1. The molecule has 2 N–H and O–H groups in total. The van der Waals surface area contributed by atoms with Crippen molar-refractivity contribution in [2.75, 3.05) is 6.54 Å². The second-order valence-electron chi connectivity index (χ2n) is 5.20. The molecule has 0 radical (unpaired) electrons. The number of hydrogen-bond donors (Lipinski definition) is 2. The first-order valence-electron chi connectivity index (χ1n) is 6.69. The molecule has 2 nitrogen and oxygen atoms in total. The second kappa shape index (κ2) is 7.49. The van der Waals surface area contributed by atoms with Crippen LogP contribution in [0.25, 0.3) is 0 Å². The Morgan fingerprint density at radius 2 is 1.83 bits per heavy atom. The van der Waals surface area contributed by atoms with Crippen molar-refractivity contribution in [3.63, 3.8) is 0 Å². The van der Waals surface area contributed by atoms with Gasteiger partial charge in [0, 0.05) is 12.6 Å². The van der Waals surface area contributed by atoms with Crippen LogP contribution in [0.1, 0.15) is 45.2 Å². The van der Waals surface area contributed by atoms with Crippen molar-refractivity contribution in [1.29, 1.82) is 0 Å². The van der Waals surface area contributed by atoms with Crippen molar-refractivity contribution in [3.05, 3.63) is 35.6 Å². The summed E-state index contributed by atoms with van der Waals surface area (Å²) in [6.45, 7) is 6.85. The van der Waals surface area contributed by atoms with E-state index in [1.54, 1.807) is 12.1 Å². The van der Waals surface area contributed by atoms with E-state index in [-0.39, 0.29) is 18.0 Å². The van der Waals surface area contributed by atoms with Crippen LogP contribution in [0.2, 0.25) is 0 Å². The van der Waals surface area contributed by atoms with E-state index in [1.165, 1.54) is 12.1 Å². The molecule has 0 aliphatic rings. The van der Waals surface area contributed by atoms with E-state index in [4.69, 9.17) is 0 Å². The van der Waals surface area contributed by atoms with Gasteiger partial charge in [-0.15, -0.1) is 0 Å². The second-order valence-corrected chi connectivity index (χ2v) is 5.20. The smallest absolute Gasteiger partial charge is 0.123 e. The first-order valence-corrected chi connectivity index (χ1v) is 6.69. The van der Waals surface area contributed by atoms with Gasteiger partial charge in [0.05, 0.1) is 6.10 Å². The molecule has 0 saturated carbocycles. The molecule has 0 aromatic heterocycles. The Hall–Kier alpha value is -0.930. The average Bonchev–Trinajstić information content (AvgIpc) is 2.31. The van der Waals surface area contributed by atoms with Crippen molar-refractivity contribution in [3.8, 4) is 0 Å². The molecule has 18 heavy (non-hydrogen) atoms. The van der Waals surface area contributed by atoms with E-state index in [0.29, 0.717) is 12.5 Å². The molecule has 0 bridgehead atoms. The average molecular weight is 253 g/mol. The highest BCUT2D eigenvalue weighted by Gasteiger charge is 2.12. The molecule has 1 rings (SSSR count). The maximum atomic E-state index is 12.9. The summed E-state index contributed by atoms with van der Waals surface area (Å²) >= 11 is 0. The lowest BCUT2D eigenvalue weighted by Gasteiger charge is -2.20. The monoisotopic (exact) mass is 253 g/mol. The van der Waals surface area contributed by atoms with Crippen LogP contribution in [0.3, 0.4) is 0 Å². The fourth-order valence-corrected chi connectivity index (χ4v) is 2.10. The number of halogens is 1. The number of aliphatic hydroxyl groups excluding tert-OH is 1. The molecule has 2 unspecified atom stereocenters. The van der Waals surface area contributed by atoms with Crippen molar-refractivity contribution in [2.24, 2.45) is 5.92 Å². The molecule has 2 atom stereocenters. The van der Waals surface area contributed by atoms with Gasteiger partial charge in [-0.25, -0.2) is 4.39 Å². The zero-order valence-corrected chi connectivity index (χ0v) is 11.5. The van der Waals surface area contributed by atoms with Gasteiger partial charge in [-0.05, 0) is 36.5 Å². The third kappa shape index (κ3) is 5.15. The fourth-order valence-electron chi connectivity index (χ4n) is 2.10. The van der Waals surface area contributed by atoms with E-state index < -0.39 is 0 Å². The molecule has 1 aromatic rings. The van der Waals surface area contributed by atoms with Gasteiger partial charge in [-0.1, -0.05) is 32.9 Å². The standard InChI is InChI=1S/C15H24FNO/c1-4-15(12-5-7-13(16)8-6-12)17-10-14(18)9-11(2)3/h5-8,11,14-15,17-18H,4,9-10H2,1-3H3. The highest BCUT2D eigenvalue weighted by Crippen LogP contribution is 2.17. The Balaban J connectivity index is 2.49. The maximum absolute atomic E-state index is 12.9.